The molecular weight excluding hydrogens is 250 g/mol. The van der Waals surface area contributed by atoms with Crippen LogP contribution in [-0.2, 0) is 0 Å². The molecule has 1 aliphatic heterocycles. The molecule has 3 aliphatic rings. The smallest absolute Gasteiger partial charge is 0.0700 e. The van der Waals surface area contributed by atoms with Crippen LogP contribution in [-0.4, -0.2) is 46.5 Å². The molecule has 3 nitrogen and oxygen atoms in total. The Morgan fingerprint density at radius 2 is 2.00 bits per heavy atom. The fraction of sp³-hybridized carbons (Fsp3) is 1.00. The van der Waals surface area contributed by atoms with Gasteiger partial charge in [0.1, 0.15) is 0 Å². The highest BCUT2D eigenvalue weighted by molar-refractivity contribution is 4.96. The van der Waals surface area contributed by atoms with Crippen LogP contribution in [0.2, 0.25) is 0 Å². The van der Waals surface area contributed by atoms with Crippen molar-refractivity contribution in [2.24, 2.45) is 17.8 Å². The minimum atomic E-state index is -0.368. The van der Waals surface area contributed by atoms with E-state index in [1.54, 1.807) is 0 Å². The lowest BCUT2D eigenvalue weighted by Gasteiger charge is -2.48. The second-order valence-corrected chi connectivity index (χ2v) is 7.80. The topological polar surface area (TPSA) is 43.7 Å². The summed E-state index contributed by atoms with van der Waals surface area (Å²) >= 11 is 0. The Kier molecular flexibility index (Phi) is 4.40. The molecule has 2 aliphatic carbocycles. The normalized spacial score (nSPS) is 47.0. The zero-order valence-electron chi connectivity index (χ0n) is 12.9. The number of piperidine rings is 1. The molecule has 1 heterocycles. The van der Waals surface area contributed by atoms with Crippen molar-refractivity contribution in [2.45, 2.75) is 70.0 Å². The number of likely N-dealkylation sites (tertiary alicyclic amines) is 1. The quantitative estimate of drug-likeness (QED) is 0.817. The summed E-state index contributed by atoms with van der Waals surface area (Å²) in [5, 5.41) is 21.0. The average molecular weight is 281 g/mol. The predicted octanol–water partition coefficient (Wildman–Crippen LogP) is 2.41. The van der Waals surface area contributed by atoms with Crippen LogP contribution in [0.1, 0.15) is 58.3 Å². The maximum atomic E-state index is 10.7. The van der Waals surface area contributed by atoms with E-state index in [0.717, 1.165) is 44.8 Å². The van der Waals surface area contributed by atoms with Crippen molar-refractivity contribution in [1.29, 1.82) is 0 Å². The fourth-order valence-electron chi connectivity index (χ4n) is 4.82. The fourth-order valence-corrected chi connectivity index (χ4v) is 4.82. The monoisotopic (exact) mass is 281 g/mol. The third-order valence-corrected chi connectivity index (χ3v) is 6.21. The van der Waals surface area contributed by atoms with Gasteiger partial charge in [0.2, 0.25) is 0 Å². The zero-order chi connectivity index (χ0) is 14.2. The van der Waals surface area contributed by atoms with Gasteiger partial charge >= 0.3 is 0 Å². The maximum absolute atomic E-state index is 10.7. The van der Waals surface area contributed by atoms with Gasteiger partial charge in [-0.3, -0.25) is 0 Å². The van der Waals surface area contributed by atoms with E-state index in [0.29, 0.717) is 11.8 Å². The van der Waals surface area contributed by atoms with E-state index in [4.69, 9.17) is 0 Å². The first kappa shape index (κ1) is 14.8. The van der Waals surface area contributed by atoms with Crippen molar-refractivity contribution in [1.82, 2.24) is 4.90 Å². The summed E-state index contributed by atoms with van der Waals surface area (Å²) in [7, 11) is 0. The van der Waals surface area contributed by atoms with Gasteiger partial charge in [0.25, 0.3) is 0 Å². The van der Waals surface area contributed by atoms with E-state index in [2.05, 4.69) is 11.8 Å². The van der Waals surface area contributed by atoms with E-state index in [-0.39, 0.29) is 11.7 Å². The number of aliphatic hydroxyl groups excluding tert-OH is 1. The predicted molar refractivity (Wildman–Crippen MR) is 80.5 cm³/mol. The van der Waals surface area contributed by atoms with Gasteiger partial charge < -0.3 is 15.1 Å². The van der Waals surface area contributed by atoms with E-state index in [9.17, 15) is 10.2 Å². The molecule has 3 fully saturated rings. The molecule has 3 heteroatoms. The van der Waals surface area contributed by atoms with E-state index in [1.807, 2.05) is 0 Å². The molecule has 1 saturated heterocycles. The molecule has 0 amide bonds. The summed E-state index contributed by atoms with van der Waals surface area (Å²) < 4.78 is 0. The third kappa shape index (κ3) is 3.05. The molecular formula is C17H31NO2. The molecule has 5 unspecified atom stereocenters. The third-order valence-electron chi connectivity index (χ3n) is 6.21. The minimum absolute atomic E-state index is 0.0987. The lowest BCUT2D eigenvalue weighted by atomic mass is 9.71. The molecule has 0 spiro atoms. The van der Waals surface area contributed by atoms with Gasteiger partial charge in [0.15, 0.2) is 0 Å². The van der Waals surface area contributed by atoms with Crippen LogP contribution >= 0.6 is 0 Å². The van der Waals surface area contributed by atoms with Crippen molar-refractivity contribution in [3.8, 4) is 0 Å². The van der Waals surface area contributed by atoms with Crippen LogP contribution < -0.4 is 0 Å². The van der Waals surface area contributed by atoms with Gasteiger partial charge in [-0.25, -0.2) is 0 Å². The molecule has 3 rings (SSSR count). The molecule has 0 aromatic heterocycles. The van der Waals surface area contributed by atoms with Gasteiger partial charge in [-0.1, -0.05) is 19.8 Å². The molecule has 116 valence electrons. The molecule has 20 heavy (non-hydrogen) atoms. The number of fused-ring (bicyclic) bond motifs is 1. The van der Waals surface area contributed by atoms with Crippen molar-refractivity contribution in [3.05, 3.63) is 0 Å². The van der Waals surface area contributed by atoms with Crippen LogP contribution in [0.25, 0.3) is 0 Å². The number of nitrogens with zero attached hydrogens (tertiary/aromatic N) is 1. The van der Waals surface area contributed by atoms with Crippen LogP contribution in [0, 0.1) is 17.8 Å². The Bertz CT molecular complexity index is 335. The first-order valence-electron chi connectivity index (χ1n) is 8.69. The SMILES string of the molecule is CC1CCC(O)C(CN2CCC3(O)CCCCC3C2)C1. The van der Waals surface area contributed by atoms with Crippen LogP contribution in [0.4, 0.5) is 0 Å². The number of aliphatic hydroxyl groups is 2. The number of rotatable bonds is 2. The van der Waals surface area contributed by atoms with E-state index >= 15 is 0 Å². The van der Waals surface area contributed by atoms with Gasteiger partial charge in [0, 0.05) is 25.6 Å². The molecule has 0 bridgehead atoms. The highest BCUT2D eigenvalue weighted by atomic mass is 16.3. The zero-order valence-corrected chi connectivity index (χ0v) is 12.9. The van der Waals surface area contributed by atoms with Crippen molar-refractivity contribution in [3.63, 3.8) is 0 Å². The lowest BCUT2D eigenvalue weighted by Crippen LogP contribution is -2.54. The Hall–Kier alpha value is -0.120. The van der Waals surface area contributed by atoms with Crippen molar-refractivity contribution >= 4 is 0 Å². The van der Waals surface area contributed by atoms with Crippen LogP contribution in [0.3, 0.4) is 0 Å². The largest absolute Gasteiger partial charge is 0.393 e. The summed E-state index contributed by atoms with van der Waals surface area (Å²) in [6.45, 7) is 5.42. The molecule has 5 atom stereocenters. The first-order chi connectivity index (χ1) is 9.57. The maximum Gasteiger partial charge on any atom is 0.0700 e. The second kappa shape index (κ2) is 5.94. The Morgan fingerprint density at radius 1 is 1.15 bits per heavy atom. The minimum Gasteiger partial charge on any atom is -0.393 e. The molecule has 0 aromatic rings. The van der Waals surface area contributed by atoms with Gasteiger partial charge in [-0.2, -0.15) is 0 Å². The van der Waals surface area contributed by atoms with Gasteiger partial charge in [-0.05, 0) is 50.4 Å². The van der Waals surface area contributed by atoms with Crippen LogP contribution in [0.5, 0.6) is 0 Å². The highest BCUT2D eigenvalue weighted by Gasteiger charge is 2.43. The second-order valence-electron chi connectivity index (χ2n) is 7.80. The molecule has 0 aromatic carbocycles. The standard InChI is InChI=1S/C17H31NO2/c1-13-5-6-16(19)14(10-13)11-18-9-8-17(20)7-3-2-4-15(17)12-18/h13-16,19-20H,2-12H2,1H3. The summed E-state index contributed by atoms with van der Waals surface area (Å²) in [6, 6.07) is 0. The highest BCUT2D eigenvalue weighted by Crippen LogP contribution is 2.40. The number of hydrogen-bond donors (Lipinski definition) is 2. The van der Waals surface area contributed by atoms with Crippen molar-refractivity contribution < 1.29 is 10.2 Å². The van der Waals surface area contributed by atoms with Gasteiger partial charge in [-0.15, -0.1) is 0 Å². The lowest BCUT2D eigenvalue weighted by molar-refractivity contribution is -0.101. The molecule has 0 radical (unpaired) electrons. The van der Waals surface area contributed by atoms with E-state index in [1.165, 1.54) is 32.1 Å². The average Bonchev–Trinajstić information content (AvgIpc) is 2.43. The summed E-state index contributed by atoms with van der Waals surface area (Å²) in [5.41, 5.74) is -0.368. The molecule has 2 N–H and O–H groups in total. The summed E-state index contributed by atoms with van der Waals surface area (Å²) in [4.78, 5) is 2.52. The van der Waals surface area contributed by atoms with Crippen LogP contribution in [0.15, 0.2) is 0 Å². The van der Waals surface area contributed by atoms with Gasteiger partial charge in [0.05, 0.1) is 11.7 Å². The van der Waals surface area contributed by atoms with E-state index < -0.39 is 0 Å². The Morgan fingerprint density at radius 3 is 2.85 bits per heavy atom. The van der Waals surface area contributed by atoms with Crippen molar-refractivity contribution in [2.75, 3.05) is 19.6 Å². The summed E-state index contributed by atoms with van der Waals surface area (Å²) in [6.07, 6.45) is 8.86. The first-order valence-corrected chi connectivity index (χ1v) is 8.69. The number of hydrogen-bond acceptors (Lipinski definition) is 3. The molecule has 2 saturated carbocycles. The summed E-state index contributed by atoms with van der Waals surface area (Å²) in [5.74, 6) is 1.69. The Labute approximate surface area is 123 Å². The Balaban J connectivity index is 1.56.